The molecule has 0 saturated heterocycles. The third-order valence-electron chi connectivity index (χ3n) is 5.92. The summed E-state index contributed by atoms with van der Waals surface area (Å²) in [5, 5.41) is 35.4. The summed E-state index contributed by atoms with van der Waals surface area (Å²) in [6.07, 6.45) is -0.0746. The molecule has 0 radical (unpaired) electrons. The van der Waals surface area contributed by atoms with E-state index in [-0.39, 0.29) is 49.9 Å². The average molecular weight is 580 g/mol. The van der Waals surface area contributed by atoms with Crippen LogP contribution in [0.25, 0.3) is 0 Å². The summed E-state index contributed by atoms with van der Waals surface area (Å²) in [7, 11) is 0. The lowest BCUT2D eigenvalue weighted by molar-refractivity contribution is -0.143. The largest absolute Gasteiger partial charge is 0.508 e. The third kappa shape index (κ3) is 14.0. The highest BCUT2D eigenvalue weighted by Crippen LogP contribution is 2.13. The van der Waals surface area contributed by atoms with Crippen LogP contribution >= 0.6 is 0 Å². The Morgan fingerprint density at radius 2 is 1.41 bits per heavy atom. The summed E-state index contributed by atoms with van der Waals surface area (Å²) in [6.45, 7) is 3.85. The Hall–Kier alpha value is -4.40. The van der Waals surface area contributed by atoms with Crippen LogP contribution in [0, 0.1) is 5.92 Å². The van der Waals surface area contributed by atoms with Crippen molar-refractivity contribution >= 4 is 35.6 Å². The number of carbonyl (C=O) groups excluding carboxylic acids is 3. The molecule has 0 aromatic heterocycles. The van der Waals surface area contributed by atoms with Gasteiger partial charge in [0.25, 0.3) is 0 Å². The molecular formula is C26H41N7O8. The molecular weight excluding hydrogens is 538 g/mol. The van der Waals surface area contributed by atoms with Crippen LogP contribution in [0.4, 0.5) is 0 Å². The van der Waals surface area contributed by atoms with Crippen molar-refractivity contribution < 1.29 is 39.3 Å². The minimum absolute atomic E-state index is 0.00568. The van der Waals surface area contributed by atoms with Gasteiger partial charge in [-0.15, -0.1) is 0 Å². The maximum atomic E-state index is 13.4. The maximum Gasteiger partial charge on any atom is 0.326 e. The first kappa shape index (κ1) is 34.6. The van der Waals surface area contributed by atoms with Crippen molar-refractivity contribution in [2.75, 3.05) is 6.54 Å². The molecule has 4 atom stereocenters. The molecule has 0 saturated carbocycles. The van der Waals surface area contributed by atoms with Crippen molar-refractivity contribution in [1.29, 1.82) is 0 Å². The molecule has 228 valence electrons. The number of nitrogens with two attached hydrogens (primary N) is 3. The zero-order chi connectivity index (χ0) is 31.1. The molecule has 0 aliphatic rings. The van der Waals surface area contributed by atoms with Crippen LogP contribution in [-0.4, -0.2) is 81.7 Å². The summed E-state index contributed by atoms with van der Waals surface area (Å²) in [4.78, 5) is 65.5. The number of carboxylic acid groups (broad SMARTS) is 2. The zero-order valence-electron chi connectivity index (χ0n) is 23.2. The molecule has 15 heteroatoms. The normalized spacial score (nSPS) is 13.8. The number of hydrogen-bond acceptors (Lipinski definition) is 8. The van der Waals surface area contributed by atoms with Crippen LogP contribution in [0.15, 0.2) is 29.3 Å². The lowest BCUT2D eigenvalue weighted by Crippen LogP contribution is -2.57. The molecule has 0 aliphatic heterocycles. The van der Waals surface area contributed by atoms with Gasteiger partial charge in [0.05, 0.1) is 6.04 Å². The fourth-order valence-corrected chi connectivity index (χ4v) is 3.78. The van der Waals surface area contributed by atoms with Gasteiger partial charge in [0.2, 0.25) is 17.7 Å². The van der Waals surface area contributed by atoms with Gasteiger partial charge in [0.1, 0.15) is 23.9 Å². The van der Waals surface area contributed by atoms with Crippen LogP contribution in [0.5, 0.6) is 5.75 Å². The first-order chi connectivity index (χ1) is 19.2. The number of nitrogens with one attached hydrogen (secondary N) is 3. The van der Waals surface area contributed by atoms with Crippen molar-refractivity contribution in [3.63, 3.8) is 0 Å². The molecule has 12 N–H and O–H groups in total. The van der Waals surface area contributed by atoms with Crippen molar-refractivity contribution in [3.05, 3.63) is 29.8 Å². The van der Waals surface area contributed by atoms with E-state index in [1.165, 1.54) is 12.1 Å². The van der Waals surface area contributed by atoms with E-state index in [1.807, 2.05) is 0 Å². The van der Waals surface area contributed by atoms with Crippen molar-refractivity contribution in [3.8, 4) is 5.75 Å². The van der Waals surface area contributed by atoms with Gasteiger partial charge in [-0.1, -0.05) is 26.0 Å². The number of amides is 3. The summed E-state index contributed by atoms with van der Waals surface area (Å²) in [5.41, 5.74) is 17.2. The molecule has 0 fully saturated rings. The summed E-state index contributed by atoms with van der Waals surface area (Å²) in [6, 6.07) is 1.14. The number of guanidine groups is 1. The fraction of sp³-hybridized carbons (Fsp3) is 0.538. The molecule has 1 aromatic carbocycles. The minimum atomic E-state index is -1.48. The number of phenolic OH excluding ortho intramolecular Hbond substituents is 1. The minimum Gasteiger partial charge on any atom is -0.508 e. The second-order valence-corrected chi connectivity index (χ2v) is 10.0. The summed E-state index contributed by atoms with van der Waals surface area (Å²) < 4.78 is 0. The molecule has 0 aliphatic carbocycles. The number of carboxylic acids is 2. The Bertz CT molecular complexity index is 1070. The second kappa shape index (κ2) is 17.3. The summed E-state index contributed by atoms with van der Waals surface area (Å²) in [5.74, 6) is -4.99. The molecule has 0 bridgehead atoms. The van der Waals surface area contributed by atoms with Crippen LogP contribution in [0.3, 0.4) is 0 Å². The van der Waals surface area contributed by atoms with Gasteiger partial charge in [-0.3, -0.25) is 24.2 Å². The molecule has 4 unspecified atom stereocenters. The van der Waals surface area contributed by atoms with E-state index in [0.717, 1.165) is 0 Å². The van der Waals surface area contributed by atoms with Crippen LogP contribution < -0.4 is 33.2 Å². The number of benzene rings is 1. The zero-order valence-corrected chi connectivity index (χ0v) is 23.2. The smallest absolute Gasteiger partial charge is 0.326 e. The molecule has 3 amide bonds. The monoisotopic (exact) mass is 579 g/mol. The Kier molecular flexibility index (Phi) is 14.6. The fourth-order valence-electron chi connectivity index (χ4n) is 3.78. The van der Waals surface area contributed by atoms with Crippen LogP contribution in [-0.2, 0) is 30.4 Å². The van der Waals surface area contributed by atoms with Gasteiger partial charge in [0.15, 0.2) is 5.96 Å². The Morgan fingerprint density at radius 3 is 1.95 bits per heavy atom. The Balaban J connectivity index is 3.10. The van der Waals surface area contributed by atoms with Crippen molar-refractivity contribution in [2.45, 2.75) is 76.5 Å². The van der Waals surface area contributed by atoms with Gasteiger partial charge in [0, 0.05) is 19.4 Å². The van der Waals surface area contributed by atoms with Gasteiger partial charge in [-0.2, -0.15) is 0 Å². The van der Waals surface area contributed by atoms with E-state index in [0.29, 0.717) is 12.0 Å². The SMILES string of the molecule is CC(C)CC(NC(=O)C(Cc1ccc(O)cc1)NC(=O)C(N)CCCN=C(N)N)C(=O)NC(CCC(=O)O)C(=O)O. The van der Waals surface area contributed by atoms with Crippen molar-refractivity contribution in [1.82, 2.24) is 16.0 Å². The average Bonchev–Trinajstić information content (AvgIpc) is 2.88. The van der Waals surface area contributed by atoms with Gasteiger partial charge in [-0.05, 0) is 49.3 Å². The lowest BCUT2D eigenvalue weighted by Gasteiger charge is -2.26. The first-order valence-electron chi connectivity index (χ1n) is 13.1. The predicted molar refractivity (Wildman–Crippen MR) is 149 cm³/mol. The molecule has 15 nitrogen and oxygen atoms in total. The first-order valence-corrected chi connectivity index (χ1v) is 13.1. The highest BCUT2D eigenvalue weighted by atomic mass is 16.4. The Morgan fingerprint density at radius 1 is 0.854 bits per heavy atom. The number of aromatic hydroxyl groups is 1. The van der Waals surface area contributed by atoms with E-state index < -0.39 is 60.2 Å². The second-order valence-electron chi connectivity index (χ2n) is 10.0. The predicted octanol–water partition coefficient (Wildman–Crippen LogP) is -1.23. The highest BCUT2D eigenvalue weighted by Gasteiger charge is 2.31. The number of nitrogens with zero attached hydrogens (tertiary/aromatic N) is 1. The number of hydrogen-bond donors (Lipinski definition) is 9. The van der Waals surface area contributed by atoms with Crippen LogP contribution in [0.1, 0.15) is 51.5 Å². The Labute approximate surface area is 237 Å². The van der Waals surface area contributed by atoms with E-state index >= 15 is 0 Å². The number of phenols is 1. The van der Waals surface area contributed by atoms with E-state index in [9.17, 15) is 34.2 Å². The van der Waals surface area contributed by atoms with Crippen molar-refractivity contribution in [2.24, 2.45) is 28.1 Å². The number of aliphatic imine (C=N–C) groups is 1. The quantitative estimate of drug-likeness (QED) is 0.0564. The van der Waals surface area contributed by atoms with E-state index in [2.05, 4.69) is 20.9 Å². The molecule has 41 heavy (non-hydrogen) atoms. The maximum absolute atomic E-state index is 13.4. The lowest BCUT2D eigenvalue weighted by atomic mass is 10.00. The summed E-state index contributed by atoms with van der Waals surface area (Å²) >= 11 is 0. The van der Waals surface area contributed by atoms with Crippen LogP contribution in [0.2, 0.25) is 0 Å². The number of rotatable bonds is 18. The van der Waals surface area contributed by atoms with E-state index in [4.69, 9.17) is 22.3 Å². The number of aliphatic carboxylic acids is 2. The topological polar surface area (TPSA) is 273 Å². The third-order valence-corrected chi connectivity index (χ3v) is 5.92. The highest BCUT2D eigenvalue weighted by molar-refractivity contribution is 5.94. The molecule has 0 spiro atoms. The molecule has 1 aromatic rings. The molecule has 0 heterocycles. The van der Waals surface area contributed by atoms with Gasteiger partial charge >= 0.3 is 11.9 Å². The number of carbonyl (C=O) groups is 5. The van der Waals surface area contributed by atoms with E-state index in [1.54, 1.807) is 26.0 Å². The van der Waals surface area contributed by atoms with Gasteiger partial charge < -0.3 is 48.5 Å². The van der Waals surface area contributed by atoms with Gasteiger partial charge in [-0.25, -0.2) is 4.79 Å². The molecule has 1 rings (SSSR count). The standard InChI is InChI=1S/C26H41N7O8/c1-14(2)12-19(23(38)31-18(25(40)41)9-10-21(35)36)33-24(39)20(13-15-5-7-16(34)8-6-15)32-22(37)17(27)4-3-11-30-26(28)29/h5-8,14,17-20,34H,3-4,9-13,27H2,1-2H3,(H,31,38)(H,32,37)(H,33,39)(H,35,36)(H,40,41)(H4,28,29,30).